The number of anilines is 1. The number of amides is 1. The molecule has 39 heavy (non-hydrogen) atoms. The minimum Gasteiger partial charge on any atom is -0.462 e. The van der Waals surface area contributed by atoms with E-state index in [9.17, 15) is 27.6 Å². The normalized spacial score (nSPS) is 13.8. The highest BCUT2D eigenvalue weighted by Crippen LogP contribution is 2.32. The number of rotatable bonds is 9. The van der Waals surface area contributed by atoms with Crippen molar-refractivity contribution in [3.8, 4) is 0 Å². The number of thiophene rings is 1. The Morgan fingerprint density at radius 2 is 2.05 bits per heavy atom. The lowest BCUT2D eigenvalue weighted by Crippen LogP contribution is -2.25. The quantitative estimate of drug-likeness (QED) is 0.133. The molecule has 0 saturated heterocycles. The highest BCUT2D eigenvalue weighted by molar-refractivity contribution is 7.99. The van der Waals surface area contributed by atoms with Gasteiger partial charge in [0, 0.05) is 12.2 Å². The number of thioether (sulfide) groups is 1. The molecule has 1 amide bonds. The molecule has 0 aliphatic heterocycles. The van der Waals surface area contributed by atoms with Crippen molar-refractivity contribution in [1.82, 2.24) is 9.55 Å². The maximum Gasteiger partial charge on any atom is 0.416 e. The van der Waals surface area contributed by atoms with Crippen molar-refractivity contribution in [3.63, 3.8) is 0 Å². The number of ether oxygens (including phenoxy) is 1. The molecule has 0 spiro atoms. The molecule has 1 N–H and O–H groups in total. The highest BCUT2D eigenvalue weighted by Gasteiger charge is 2.30. The molecule has 0 fully saturated rings. The van der Waals surface area contributed by atoms with Gasteiger partial charge in [-0.15, -0.1) is 11.3 Å². The molecule has 12 heteroatoms. The molecule has 1 aliphatic rings. The lowest BCUT2D eigenvalue weighted by atomic mass is 9.97. The van der Waals surface area contributed by atoms with Gasteiger partial charge < -0.3 is 10.1 Å². The summed E-state index contributed by atoms with van der Waals surface area (Å²) in [4.78, 5) is 44.0. The molecular weight excluding hydrogens is 551 g/mol. The molecule has 0 bridgehead atoms. The van der Waals surface area contributed by atoms with E-state index in [2.05, 4.69) is 16.4 Å². The van der Waals surface area contributed by atoms with Crippen LogP contribution in [0.1, 0.15) is 59.8 Å². The topological polar surface area (TPSA) is 90.3 Å². The number of carbonyl (C=O) groups is 2. The van der Waals surface area contributed by atoms with E-state index >= 15 is 0 Å². The number of hydrogen-bond acceptors (Lipinski definition) is 7. The van der Waals surface area contributed by atoms with Gasteiger partial charge in [-0.25, -0.2) is 9.78 Å². The van der Waals surface area contributed by atoms with Gasteiger partial charge in [-0.05, 0) is 69.7 Å². The van der Waals surface area contributed by atoms with E-state index in [1.165, 1.54) is 22.3 Å². The number of fused-ring (bicyclic) bond motifs is 1. The predicted molar refractivity (Wildman–Crippen MR) is 147 cm³/mol. The first kappa shape index (κ1) is 28.9. The Kier molecular flexibility index (Phi) is 9.16. The fourth-order valence-corrected chi connectivity index (χ4v) is 6.33. The SMILES string of the molecule is CCOC(=O)c1sc2nc(SCC(=O)Nc3cccc(C(F)(F)F)c3)n(CCC3=CCCCC3)c(=O)c2c1C. The maximum absolute atomic E-state index is 13.6. The predicted octanol–water partition coefficient (Wildman–Crippen LogP) is 6.58. The van der Waals surface area contributed by atoms with Gasteiger partial charge >= 0.3 is 12.1 Å². The average molecular weight is 580 g/mol. The molecule has 0 atom stereocenters. The number of allylic oxidation sites excluding steroid dienone is 2. The van der Waals surface area contributed by atoms with Crippen LogP contribution in [0.15, 0.2) is 45.9 Å². The molecule has 0 saturated carbocycles. The third-order valence-corrected chi connectivity index (χ3v) is 8.47. The summed E-state index contributed by atoms with van der Waals surface area (Å²) >= 11 is 2.09. The summed E-state index contributed by atoms with van der Waals surface area (Å²) in [5.74, 6) is -1.23. The van der Waals surface area contributed by atoms with Crippen molar-refractivity contribution in [2.75, 3.05) is 17.7 Å². The Morgan fingerprint density at radius 3 is 2.74 bits per heavy atom. The van der Waals surface area contributed by atoms with Gasteiger partial charge in [0.25, 0.3) is 5.56 Å². The second-order valence-electron chi connectivity index (χ2n) is 9.08. The minimum absolute atomic E-state index is 0.0217. The molecule has 4 rings (SSSR count). The Bertz CT molecular complexity index is 1480. The lowest BCUT2D eigenvalue weighted by molar-refractivity contribution is -0.137. The molecular formula is C27H28F3N3O4S2. The number of esters is 1. The first-order valence-corrected chi connectivity index (χ1v) is 14.4. The Hall–Kier alpha value is -3.12. The summed E-state index contributed by atoms with van der Waals surface area (Å²) in [6.45, 7) is 3.94. The van der Waals surface area contributed by atoms with Crippen LogP contribution in [0.3, 0.4) is 0 Å². The number of carbonyl (C=O) groups excluding carboxylic acids is 2. The van der Waals surface area contributed by atoms with Crippen LogP contribution in [0.25, 0.3) is 10.2 Å². The van der Waals surface area contributed by atoms with Crippen molar-refractivity contribution in [3.05, 3.63) is 62.3 Å². The van der Waals surface area contributed by atoms with Crippen molar-refractivity contribution in [2.45, 2.75) is 63.8 Å². The molecule has 0 unspecified atom stereocenters. The second kappa shape index (κ2) is 12.4. The fourth-order valence-electron chi connectivity index (χ4n) is 4.38. The van der Waals surface area contributed by atoms with Crippen LogP contribution in [0, 0.1) is 6.92 Å². The van der Waals surface area contributed by atoms with Crippen LogP contribution in [-0.4, -0.2) is 33.8 Å². The average Bonchev–Trinajstić information content (AvgIpc) is 3.23. The van der Waals surface area contributed by atoms with E-state index in [4.69, 9.17) is 4.74 Å². The Morgan fingerprint density at radius 1 is 1.26 bits per heavy atom. The van der Waals surface area contributed by atoms with Crippen LogP contribution in [0.5, 0.6) is 0 Å². The van der Waals surface area contributed by atoms with Crippen molar-refractivity contribution in [2.24, 2.45) is 0 Å². The number of alkyl halides is 3. The largest absolute Gasteiger partial charge is 0.462 e. The third kappa shape index (κ3) is 6.91. The van der Waals surface area contributed by atoms with Crippen LogP contribution in [-0.2, 0) is 22.3 Å². The fraction of sp³-hybridized carbons (Fsp3) is 0.407. The standard InChI is InChI=1S/C27H28F3N3O4S2/c1-3-37-25(36)22-16(2)21-23(39-22)32-26(33(24(21)35)13-12-17-8-5-4-6-9-17)38-15-20(34)31-19-11-7-10-18(14-19)27(28,29)30/h7-8,10-11,14H,3-6,9,12-13,15H2,1-2H3,(H,31,34). The summed E-state index contributed by atoms with van der Waals surface area (Å²) < 4.78 is 45.7. The minimum atomic E-state index is -4.53. The van der Waals surface area contributed by atoms with Gasteiger partial charge in [-0.1, -0.05) is 29.5 Å². The van der Waals surface area contributed by atoms with Gasteiger partial charge in [-0.2, -0.15) is 13.2 Å². The first-order valence-electron chi connectivity index (χ1n) is 12.6. The monoisotopic (exact) mass is 579 g/mol. The number of hydrogen-bond donors (Lipinski definition) is 1. The molecule has 1 aliphatic carbocycles. The van der Waals surface area contributed by atoms with Gasteiger partial charge in [0.05, 0.1) is 23.3 Å². The van der Waals surface area contributed by atoms with Crippen molar-refractivity contribution < 1.29 is 27.5 Å². The van der Waals surface area contributed by atoms with Crippen LogP contribution < -0.4 is 10.9 Å². The Balaban J connectivity index is 1.61. The highest BCUT2D eigenvalue weighted by atomic mass is 32.2. The van der Waals surface area contributed by atoms with Gasteiger partial charge in [0.1, 0.15) is 9.71 Å². The summed E-state index contributed by atoms with van der Waals surface area (Å²) in [5.41, 5.74) is 0.627. The molecule has 3 aromatic rings. The molecule has 208 valence electrons. The smallest absolute Gasteiger partial charge is 0.416 e. The summed E-state index contributed by atoms with van der Waals surface area (Å²) in [6.07, 6.45) is 2.54. The zero-order chi connectivity index (χ0) is 28.2. The van der Waals surface area contributed by atoms with E-state index in [0.29, 0.717) is 38.8 Å². The molecule has 2 heterocycles. The number of benzene rings is 1. The van der Waals surface area contributed by atoms with Gasteiger partial charge in [0.2, 0.25) is 5.91 Å². The van der Waals surface area contributed by atoms with Crippen LogP contribution >= 0.6 is 23.1 Å². The maximum atomic E-state index is 13.6. The van der Waals surface area contributed by atoms with E-state index < -0.39 is 23.6 Å². The zero-order valence-electron chi connectivity index (χ0n) is 21.5. The second-order valence-corrected chi connectivity index (χ2v) is 11.0. The number of aromatic nitrogens is 2. The molecule has 7 nitrogen and oxygen atoms in total. The third-order valence-electron chi connectivity index (χ3n) is 6.32. The number of nitrogens with one attached hydrogen (secondary N) is 1. The van der Waals surface area contributed by atoms with E-state index in [1.807, 2.05) is 0 Å². The van der Waals surface area contributed by atoms with Crippen LogP contribution in [0.4, 0.5) is 18.9 Å². The lowest BCUT2D eigenvalue weighted by Gasteiger charge is -2.16. The van der Waals surface area contributed by atoms with Crippen LogP contribution in [0.2, 0.25) is 0 Å². The van der Waals surface area contributed by atoms with E-state index in [-0.39, 0.29) is 23.6 Å². The van der Waals surface area contributed by atoms with Gasteiger partial charge in [0.15, 0.2) is 5.16 Å². The number of halogens is 3. The van der Waals surface area contributed by atoms with E-state index in [1.54, 1.807) is 13.8 Å². The molecule has 1 aromatic carbocycles. The molecule has 0 radical (unpaired) electrons. The summed E-state index contributed by atoms with van der Waals surface area (Å²) in [5, 5.41) is 3.13. The number of aryl methyl sites for hydroxylation is 1. The first-order chi connectivity index (χ1) is 18.6. The Labute approximate surface area is 231 Å². The number of nitrogens with zero attached hydrogens (tertiary/aromatic N) is 2. The van der Waals surface area contributed by atoms with Crippen molar-refractivity contribution >= 4 is 50.9 Å². The van der Waals surface area contributed by atoms with Gasteiger partial charge in [-0.3, -0.25) is 14.2 Å². The van der Waals surface area contributed by atoms with Crippen molar-refractivity contribution in [1.29, 1.82) is 0 Å². The molecule has 2 aromatic heterocycles. The summed E-state index contributed by atoms with van der Waals surface area (Å²) in [7, 11) is 0. The van der Waals surface area contributed by atoms with E-state index in [0.717, 1.165) is 60.9 Å². The summed E-state index contributed by atoms with van der Waals surface area (Å²) in [6, 6.07) is 4.39. The zero-order valence-corrected chi connectivity index (χ0v) is 23.2.